The van der Waals surface area contributed by atoms with Crippen LogP contribution in [0.2, 0.25) is 5.02 Å². The van der Waals surface area contributed by atoms with Crippen molar-refractivity contribution in [3.63, 3.8) is 0 Å². The molecule has 0 saturated heterocycles. The van der Waals surface area contributed by atoms with Crippen LogP contribution < -0.4 is 14.8 Å². The van der Waals surface area contributed by atoms with Gasteiger partial charge in [-0.25, -0.2) is 4.79 Å². The Morgan fingerprint density at radius 2 is 1.75 bits per heavy atom. The Bertz CT molecular complexity index is 1330. The number of esters is 1. The van der Waals surface area contributed by atoms with Crippen LogP contribution in [0, 0.1) is 10.1 Å². The summed E-state index contributed by atoms with van der Waals surface area (Å²) in [5, 5.41) is 14.7. The molecule has 2 aromatic rings. The van der Waals surface area contributed by atoms with Gasteiger partial charge in [-0.3, -0.25) is 14.9 Å². The van der Waals surface area contributed by atoms with Gasteiger partial charge in [-0.2, -0.15) is 0 Å². The summed E-state index contributed by atoms with van der Waals surface area (Å²) in [7, 11) is 4.36. The van der Waals surface area contributed by atoms with E-state index >= 15 is 0 Å². The number of hydrogen-bond donors (Lipinski definition) is 1. The number of benzene rings is 2. The molecular formula is C26H25ClN2O7. The SMILES string of the molecule is COC(=O)C1=C(C)NC2=C(C(=O)C[C@H](c3ccc(OC)c(OC)c3)C2)[C@H]1c1ccc(Cl)c([N+](=O)[O-])c1. The van der Waals surface area contributed by atoms with Crippen LogP contribution >= 0.6 is 11.6 Å². The molecule has 4 rings (SSSR count). The highest BCUT2D eigenvalue weighted by Gasteiger charge is 2.42. The number of nitrogens with one attached hydrogen (secondary N) is 1. The van der Waals surface area contributed by atoms with Crippen molar-refractivity contribution in [3.05, 3.63) is 85.2 Å². The number of halogens is 1. The molecule has 1 aliphatic heterocycles. The number of allylic oxidation sites excluding steroid dienone is 3. The van der Waals surface area contributed by atoms with Crippen molar-refractivity contribution in [2.45, 2.75) is 31.6 Å². The van der Waals surface area contributed by atoms with Crippen LogP contribution in [0.25, 0.3) is 0 Å². The first-order valence-electron chi connectivity index (χ1n) is 11.2. The fourth-order valence-electron chi connectivity index (χ4n) is 4.94. The maximum atomic E-state index is 13.6. The van der Waals surface area contributed by atoms with E-state index in [1.54, 1.807) is 33.3 Å². The van der Waals surface area contributed by atoms with Crippen LogP contribution in [-0.2, 0) is 14.3 Å². The highest BCUT2D eigenvalue weighted by atomic mass is 35.5. The maximum Gasteiger partial charge on any atom is 0.336 e. The van der Waals surface area contributed by atoms with Gasteiger partial charge in [0.25, 0.3) is 5.69 Å². The van der Waals surface area contributed by atoms with Gasteiger partial charge in [0.15, 0.2) is 17.3 Å². The molecule has 188 valence electrons. The summed E-state index contributed by atoms with van der Waals surface area (Å²) < 4.78 is 15.8. The van der Waals surface area contributed by atoms with Gasteiger partial charge in [0, 0.05) is 35.4 Å². The lowest BCUT2D eigenvalue weighted by Crippen LogP contribution is -2.36. The Labute approximate surface area is 212 Å². The number of ether oxygens (including phenoxy) is 3. The van der Waals surface area contributed by atoms with E-state index in [1.807, 2.05) is 12.1 Å². The molecule has 0 aromatic heterocycles. The van der Waals surface area contributed by atoms with Crippen molar-refractivity contribution < 1.29 is 28.7 Å². The minimum Gasteiger partial charge on any atom is -0.493 e. The first-order valence-corrected chi connectivity index (χ1v) is 11.6. The number of dihydropyridines is 1. The van der Waals surface area contributed by atoms with Crippen LogP contribution in [0.3, 0.4) is 0 Å². The molecule has 9 nitrogen and oxygen atoms in total. The normalized spacial score (nSPS) is 19.4. The Hall–Kier alpha value is -3.85. The Balaban J connectivity index is 1.82. The predicted octanol–water partition coefficient (Wildman–Crippen LogP) is 4.80. The van der Waals surface area contributed by atoms with Crippen molar-refractivity contribution in [2.75, 3.05) is 21.3 Å². The second kappa shape index (κ2) is 10.0. The number of nitrogens with zero attached hydrogens (tertiary/aromatic N) is 1. The number of carbonyl (C=O) groups is 2. The number of rotatable bonds is 6. The van der Waals surface area contributed by atoms with E-state index in [4.69, 9.17) is 25.8 Å². The molecule has 10 heteroatoms. The molecule has 2 aromatic carbocycles. The molecule has 0 bridgehead atoms. The molecule has 1 heterocycles. The molecule has 0 radical (unpaired) electrons. The second-order valence-corrected chi connectivity index (χ2v) is 9.00. The number of Topliss-reactive ketones (excluding diaryl/α,β-unsaturated/α-hetero) is 1. The van der Waals surface area contributed by atoms with Gasteiger partial charge < -0.3 is 19.5 Å². The van der Waals surface area contributed by atoms with E-state index < -0.39 is 16.8 Å². The minimum absolute atomic E-state index is 0.0318. The first-order chi connectivity index (χ1) is 17.2. The molecule has 2 aliphatic rings. The van der Waals surface area contributed by atoms with Gasteiger partial charge >= 0.3 is 5.97 Å². The number of hydrogen-bond acceptors (Lipinski definition) is 8. The van der Waals surface area contributed by atoms with E-state index in [1.165, 1.54) is 19.2 Å². The summed E-state index contributed by atoms with van der Waals surface area (Å²) in [6, 6.07) is 9.87. The van der Waals surface area contributed by atoms with E-state index in [0.717, 1.165) is 5.56 Å². The van der Waals surface area contributed by atoms with E-state index in [-0.39, 0.29) is 34.4 Å². The predicted molar refractivity (Wildman–Crippen MR) is 132 cm³/mol. The zero-order chi connectivity index (χ0) is 26.1. The highest BCUT2D eigenvalue weighted by Crippen LogP contribution is 2.47. The van der Waals surface area contributed by atoms with Crippen LogP contribution in [0.15, 0.2) is 58.9 Å². The molecule has 1 N–H and O–H groups in total. The van der Waals surface area contributed by atoms with Crippen LogP contribution in [0.4, 0.5) is 5.69 Å². The Morgan fingerprint density at radius 1 is 1.06 bits per heavy atom. The summed E-state index contributed by atoms with van der Waals surface area (Å²) in [6.45, 7) is 1.72. The van der Waals surface area contributed by atoms with Crippen LogP contribution in [0.1, 0.15) is 42.7 Å². The van der Waals surface area contributed by atoms with Gasteiger partial charge in [0.1, 0.15) is 5.02 Å². The number of nitro groups is 1. The van der Waals surface area contributed by atoms with E-state index in [2.05, 4.69) is 5.32 Å². The molecule has 36 heavy (non-hydrogen) atoms. The summed E-state index contributed by atoms with van der Waals surface area (Å²) in [5.74, 6) is -0.608. The lowest BCUT2D eigenvalue weighted by atomic mass is 9.71. The fraction of sp³-hybridized carbons (Fsp3) is 0.308. The smallest absolute Gasteiger partial charge is 0.336 e. The monoisotopic (exact) mass is 512 g/mol. The lowest BCUT2D eigenvalue weighted by Gasteiger charge is -2.36. The zero-order valence-electron chi connectivity index (χ0n) is 20.2. The largest absolute Gasteiger partial charge is 0.493 e. The molecule has 1 aliphatic carbocycles. The molecule has 2 atom stereocenters. The Kier molecular flexibility index (Phi) is 7.03. The third kappa shape index (κ3) is 4.42. The third-order valence-electron chi connectivity index (χ3n) is 6.61. The van der Waals surface area contributed by atoms with Gasteiger partial charge in [-0.15, -0.1) is 0 Å². The number of nitro benzene ring substituents is 1. The van der Waals surface area contributed by atoms with Gasteiger partial charge in [0.05, 0.1) is 31.8 Å². The van der Waals surface area contributed by atoms with Crippen molar-refractivity contribution >= 4 is 29.0 Å². The molecule has 0 saturated carbocycles. The van der Waals surface area contributed by atoms with Gasteiger partial charge in [-0.05, 0) is 48.6 Å². The van der Waals surface area contributed by atoms with E-state index in [9.17, 15) is 19.7 Å². The fourth-order valence-corrected chi connectivity index (χ4v) is 5.13. The second-order valence-electron chi connectivity index (χ2n) is 8.59. The van der Waals surface area contributed by atoms with Crippen molar-refractivity contribution in [2.24, 2.45) is 0 Å². The molecule has 0 spiro atoms. The number of ketones is 1. The zero-order valence-corrected chi connectivity index (χ0v) is 21.0. The summed E-state index contributed by atoms with van der Waals surface area (Å²) in [4.78, 5) is 37.4. The van der Waals surface area contributed by atoms with Crippen molar-refractivity contribution in [1.29, 1.82) is 0 Å². The third-order valence-corrected chi connectivity index (χ3v) is 6.93. The average Bonchev–Trinajstić information content (AvgIpc) is 2.87. The lowest BCUT2D eigenvalue weighted by molar-refractivity contribution is -0.384. The average molecular weight is 513 g/mol. The first kappa shape index (κ1) is 25.2. The van der Waals surface area contributed by atoms with Gasteiger partial charge in [0.2, 0.25) is 0 Å². The number of methoxy groups -OCH3 is 3. The quantitative estimate of drug-likeness (QED) is 0.333. The topological polar surface area (TPSA) is 117 Å². The van der Waals surface area contributed by atoms with Crippen LogP contribution in [0.5, 0.6) is 11.5 Å². The Morgan fingerprint density at radius 3 is 2.39 bits per heavy atom. The standard InChI is InChI=1S/C26H25ClN2O7/c1-13-23(26(31)36-4)24(15-5-7-17(27)19(10-15)29(32)33)25-18(28-13)9-16(11-20(25)30)14-6-8-21(34-2)22(12-14)35-3/h5-8,10,12,16,24,28H,9,11H2,1-4H3/t16-,24+/m1/s1. The summed E-state index contributed by atoms with van der Waals surface area (Å²) in [5.41, 5.74) is 2.83. The maximum absolute atomic E-state index is 13.6. The number of carbonyl (C=O) groups excluding carboxylic acids is 2. The summed E-state index contributed by atoms with van der Waals surface area (Å²) >= 11 is 6.03. The van der Waals surface area contributed by atoms with Crippen molar-refractivity contribution in [3.8, 4) is 11.5 Å². The summed E-state index contributed by atoms with van der Waals surface area (Å²) in [6.07, 6.45) is 0.685. The highest BCUT2D eigenvalue weighted by molar-refractivity contribution is 6.32. The molecule has 0 fully saturated rings. The molecular weight excluding hydrogens is 488 g/mol. The minimum atomic E-state index is -0.830. The van der Waals surface area contributed by atoms with Gasteiger partial charge in [-0.1, -0.05) is 23.7 Å². The van der Waals surface area contributed by atoms with Crippen molar-refractivity contribution in [1.82, 2.24) is 5.32 Å². The van der Waals surface area contributed by atoms with E-state index in [0.29, 0.717) is 40.5 Å². The van der Waals surface area contributed by atoms with Crippen LogP contribution in [-0.4, -0.2) is 38.0 Å². The molecule has 0 unspecified atom stereocenters. The molecule has 0 amide bonds.